The summed E-state index contributed by atoms with van der Waals surface area (Å²) in [4.78, 5) is 10.5. The number of rotatable bonds is 16. The van der Waals surface area contributed by atoms with Gasteiger partial charge in [-0.2, -0.15) is 17.5 Å². The molecule has 1 saturated carbocycles. The maximum absolute atomic E-state index is 14.8. The number of hydrogen-bond donors (Lipinski definition) is 2. The summed E-state index contributed by atoms with van der Waals surface area (Å²) in [6, 6.07) is 23.6. The van der Waals surface area contributed by atoms with Gasteiger partial charge in [0.1, 0.15) is 17.2 Å². The number of amides is 1. The van der Waals surface area contributed by atoms with E-state index in [9.17, 15) is 31.5 Å². The van der Waals surface area contributed by atoms with Crippen LogP contribution in [-0.4, -0.2) is 71.5 Å². The minimum absolute atomic E-state index is 0.101. The first kappa shape index (κ1) is 41.9. The first-order valence-corrected chi connectivity index (χ1v) is 20.1. The van der Waals surface area contributed by atoms with Gasteiger partial charge in [0.2, 0.25) is 10.0 Å². The summed E-state index contributed by atoms with van der Waals surface area (Å²) in [5, 5.41) is 24.5. The predicted molar refractivity (Wildman–Crippen MR) is 207 cm³/mol. The molecule has 5 aromatic rings. The summed E-state index contributed by atoms with van der Waals surface area (Å²) >= 11 is 0. The second kappa shape index (κ2) is 18.3. The van der Waals surface area contributed by atoms with Gasteiger partial charge in [0, 0.05) is 25.0 Å². The normalized spacial score (nSPS) is 16.5. The van der Waals surface area contributed by atoms with Crippen LogP contribution in [-0.2, 0) is 42.3 Å². The van der Waals surface area contributed by atoms with Crippen LogP contribution in [0.15, 0.2) is 95.9 Å². The molecule has 2 N–H and O–H groups in total. The van der Waals surface area contributed by atoms with Gasteiger partial charge in [0.15, 0.2) is 5.82 Å². The lowest BCUT2D eigenvalue weighted by Gasteiger charge is -2.33. The first-order valence-electron chi connectivity index (χ1n) is 18.6. The molecule has 17 heteroatoms. The van der Waals surface area contributed by atoms with E-state index in [-0.39, 0.29) is 38.0 Å². The highest BCUT2D eigenvalue weighted by atomic mass is 32.2. The number of nitrogens with one attached hydrogen (secondary N) is 1. The van der Waals surface area contributed by atoms with E-state index in [0.29, 0.717) is 65.4 Å². The third kappa shape index (κ3) is 10.2. The number of nitrogens with zero attached hydrogens (tertiary/aromatic N) is 5. The highest BCUT2D eigenvalue weighted by molar-refractivity contribution is 7.89. The van der Waals surface area contributed by atoms with Crippen LogP contribution in [0, 0.1) is 5.92 Å². The molecular formula is C41H45F3N6O7S. The van der Waals surface area contributed by atoms with E-state index in [4.69, 9.17) is 14.2 Å². The molecule has 0 bridgehead atoms. The molecule has 1 fully saturated rings. The van der Waals surface area contributed by atoms with Gasteiger partial charge in [-0.1, -0.05) is 42.5 Å². The van der Waals surface area contributed by atoms with E-state index < -0.39 is 38.7 Å². The molecular weight excluding hydrogens is 778 g/mol. The number of methoxy groups -OCH3 is 3. The summed E-state index contributed by atoms with van der Waals surface area (Å²) in [5.74, 6) is 1.67. The van der Waals surface area contributed by atoms with Crippen molar-refractivity contribution >= 4 is 16.1 Å². The Kier molecular flexibility index (Phi) is 13.2. The predicted octanol–water partition coefficient (Wildman–Crippen LogP) is 7.31. The van der Waals surface area contributed by atoms with Crippen molar-refractivity contribution in [2.45, 2.75) is 74.8 Å². The smallest absolute Gasteiger partial charge is 0.417 e. The molecule has 1 aliphatic rings. The number of carboxylic acid groups (broad SMARTS) is 1. The highest BCUT2D eigenvalue weighted by Crippen LogP contribution is 2.41. The Morgan fingerprint density at radius 2 is 1.31 bits per heavy atom. The fourth-order valence-corrected chi connectivity index (χ4v) is 9.11. The molecule has 0 aliphatic heterocycles. The van der Waals surface area contributed by atoms with Crippen molar-refractivity contribution in [3.63, 3.8) is 0 Å². The van der Waals surface area contributed by atoms with Crippen LogP contribution in [0.25, 0.3) is 0 Å². The van der Waals surface area contributed by atoms with Gasteiger partial charge in [-0.25, -0.2) is 17.9 Å². The molecule has 1 amide bonds. The lowest BCUT2D eigenvalue weighted by Crippen LogP contribution is -2.38. The van der Waals surface area contributed by atoms with Crippen LogP contribution in [0.3, 0.4) is 0 Å². The van der Waals surface area contributed by atoms with E-state index in [1.54, 1.807) is 60.3 Å². The minimum atomic E-state index is -5.00. The number of carbonyl (C=O) groups is 1. The van der Waals surface area contributed by atoms with E-state index in [0.717, 1.165) is 22.0 Å². The third-order valence-corrected chi connectivity index (χ3v) is 12.3. The average Bonchev–Trinajstić information content (AvgIpc) is 3.67. The SMILES string of the molecule is COc1ccc(CN(Cc2ccc(OC)cc2)S(=O)(=O)c2cc(CC(c3nnnn3Cc3ccc(OC)cc3)C3CCC(NC(=O)O)CC3)ccc2C(F)(F)F)cc1. The molecule has 0 spiro atoms. The van der Waals surface area contributed by atoms with Crippen molar-refractivity contribution in [3.8, 4) is 17.2 Å². The molecule has 4 aromatic carbocycles. The molecule has 58 heavy (non-hydrogen) atoms. The van der Waals surface area contributed by atoms with Gasteiger partial charge in [-0.3, -0.25) is 0 Å². The van der Waals surface area contributed by atoms with E-state index in [1.807, 2.05) is 24.3 Å². The Labute approximate surface area is 334 Å². The van der Waals surface area contributed by atoms with E-state index in [2.05, 4.69) is 20.8 Å². The Morgan fingerprint density at radius 1 is 0.810 bits per heavy atom. The number of benzene rings is 4. The van der Waals surface area contributed by atoms with Gasteiger partial charge in [0.05, 0.1) is 38.3 Å². The van der Waals surface area contributed by atoms with Crippen molar-refractivity contribution in [3.05, 3.63) is 125 Å². The lowest BCUT2D eigenvalue weighted by molar-refractivity contribution is -0.139. The molecule has 308 valence electrons. The largest absolute Gasteiger partial charge is 0.497 e. The van der Waals surface area contributed by atoms with Crippen LogP contribution in [0.1, 0.15) is 65.2 Å². The topological polar surface area (TPSA) is 158 Å². The Balaban J connectivity index is 1.39. The van der Waals surface area contributed by atoms with Gasteiger partial charge < -0.3 is 24.6 Å². The molecule has 13 nitrogen and oxygen atoms in total. The molecule has 6 rings (SSSR count). The number of halogens is 3. The lowest BCUT2D eigenvalue weighted by atomic mass is 9.75. The molecule has 1 heterocycles. The second-order valence-corrected chi connectivity index (χ2v) is 16.1. The Hall–Kier alpha value is -5.68. The van der Waals surface area contributed by atoms with Crippen molar-refractivity contribution in [2.75, 3.05) is 21.3 Å². The number of hydrogen-bond acceptors (Lipinski definition) is 9. The van der Waals surface area contributed by atoms with Gasteiger partial charge in [-0.15, -0.1) is 5.10 Å². The number of sulfonamides is 1. The number of ether oxygens (including phenoxy) is 3. The first-order chi connectivity index (χ1) is 27.8. The van der Waals surface area contributed by atoms with Gasteiger partial charge in [-0.05, 0) is 119 Å². The van der Waals surface area contributed by atoms with E-state index in [1.165, 1.54) is 20.3 Å². The Bertz CT molecular complexity index is 2200. The second-order valence-electron chi connectivity index (χ2n) is 14.2. The highest BCUT2D eigenvalue weighted by Gasteiger charge is 2.40. The van der Waals surface area contributed by atoms with Crippen molar-refractivity contribution < 1.29 is 45.7 Å². The fraction of sp³-hybridized carbons (Fsp3) is 0.366. The van der Waals surface area contributed by atoms with Crippen molar-refractivity contribution in [1.29, 1.82) is 0 Å². The minimum Gasteiger partial charge on any atom is -0.497 e. The van der Waals surface area contributed by atoms with Crippen molar-refractivity contribution in [1.82, 2.24) is 29.8 Å². The molecule has 0 radical (unpaired) electrons. The van der Waals surface area contributed by atoms with Crippen LogP contribution in [0.4, 0.5) is 18.0 Å². The zero-order chi connectivity index (χ0) is 41.5. The molecule has 1 aliphatic carbocycles. The van der Waals surface area contributed by atoms with Crippen LogP contribution < -0.4 is 19.5 Å². The number of tetrazole rings is 1. The van der Waals surface area contributed by atoms with E-state index >= 15 is 0 Å². The van der Waals surface area contributed by atoms with Gasteiger partial charge >= 0.3 is 12.3 Å². The number of aromatic nitrogens is 4. The maximum Gasteiger partial charge on any atom is 0.417 e. The number of alkyl halides is 3. The standard InChI is InChI=1S/C41H45F3N6O7S/c1-55-33-15-4-27(5-16-33)24-49(25-28-6-17-34(56-2)18-7-28)58(53,54)38-23-30(10-21-37(38)41(42,43)44)22-36(31-11-13-32(14-12-31)45-40(51)52)39-46-47-48-50(39)26-29-8-19-35(57-3)20-9-29/h4-10,15-21,23,31-32,36,45H,11-14,22,24-26H2,1-3H3,(H,51,52). The molecule has 1 aromatic heterocycles. The van der Waals surface area contributed by atoms with Crippen LogP contribution >= 0.6 is 0 Å². The molecule has 0 saturated heterocycles. The summed E-state index contributed by atoms with van der Waals surface area (Å²) < 4.78 is 92.3. The Morgan fingerprint density at radius 3 is 1.79 bits per heavy atom. The zero-order valence-corrected chi connectivity index (χ0v) is 33.0. The average molecular weight is 823 g/mol. The summed E-state index contributed by atoms with van der Waals surface area (Å²) in [6.07, 6.45) is -3.78. The van der Waals surface area contributed by atoms with Crippen LogP contribution in [0.5, 0.6) is 17.2 Å². The molecule has 1 atom stereocenters. The summed E-state index contributed by atoms with van der Waals surface area (Å²) in [6.45, 7) is -0.163. The monoisotopic (exact) mass is 822 g/mol. The molecule has 1 unspecified atom stereocenters. The quantitative estimate of drug-likeness (QED) is 0.103. The zero-order valence-electron chi connectivity index (χ0n) is 32.2. The maximum atomic E-state index is 14.8. The fourth-order valence-electron chi connectivity index (χ4n) is 7.43. The van der Waals surface area contributed by atoms with Gasteiger partial charge in [0.25, 0.3) is 0 Å². The van der Waals surface area contributed by atoms with Crippen molar-refractivity contribution in [2.24, 2.45) is 5.92 Å². The van der Waals surface area contributed by atoms with Crippen LogP contribution in [0.2, 0.25) is 0 Å². The summed E-state index contributed by atoms with van der Waals surface area (Å²) in [5.41, 5.74) is 1.01. The third-order valence-electron chi connectivity index (χ3n) is 10.5. The summed E-state index contributed by atoms with van der Waals surface area (Å²) in [7, 11) is -0.266.